The van der Waals surface area contributed by atoms with Gasteiger partial charge in [-0.05, 0) is 67.4 Å². The summed E-state index contributed by atoms with van der Waals surface area (Å²) < 4.78 is 7.76. The molecule has 8 heteroatoms. The third-order valence-electron chi connectivity index (χ3n) is 5.28. The van der Waals surface area contributed by atoms with Crippen LogP contribution >= 0.6 is 11.8 Å². The van der Waals surface area contributed by atoms with Gasteiger partial charge in [-0.25, -0.2) is 0 Å². The molecule has 34 heavy (non-hydrogen) atoms. The molecule has 0 aliphatic carbocycles. The van der Waals surface area contributed by atoms with Gasteiger partial charge in [-0.3, -0.25) is 9.36 Å². The first kappa shape index (κ1) is 23.1. The minimum Gasteiger partial charge on any atom is -0.486 e. The Hall–Kier alpha value is -4.09. The van der Waals surface area contributed by atoms with Gasteiger partial charge in [-0.2, -0.15) is 5.26 Å². The van der Waals surface area contributed by atoms with E-state index in [1.165, 1.54) is 11.8 Å². The van der Waals surface area contributed by atoms with Crippen molar-refractivity contribution < 1.29 is 9.53 Å². The Morgan fingerprint density at radius 1 is 1.03 bits per heavy atom. The van der Waals surface area contributed by atoms with Crippen LogP contribution in [0.2, 0.25) is 0 Å². The molecule has 0 bridgehead atoms. The maximum Gasteiger partial charge on any atom is 0.234 e. The third-order valence-corrected chi connectivity index (χ3v) is 6.21. The molecule has 0 atom stereocenters. The highest BCUT2D eigenvalue weighted by molar-refractivity contribution is 7.99. The predicted octanol–water partition coefficient (Wildman–Crippen LogP) is 5.07. The molecule has 1 amide bonds. The Morgan fingerprint density at radius 2 is 1.79 bits per heavy atom. The summed E-state index contributed by atoms with van der Waals surface area (Å²) in [7, 11) is 0. The van der Waals surface area contributed by atoms with Crippen molar-refractivity contribution in [2.45, 2.75) is 25.6 Å². The zero-order valence-electron chi connectivity index (χ0n) is 18.9. The van der Waals surface area contributed by atoms with Crippen molar-refractivity contribution in [1.82, 2.24) is 14.8 Å². The molecule has 1 aromatic heterocycles. The number of hydrogen-bond donors (Lipinski definition) is 1. The van der Waals surface area contributed by atoms with E-state index in [1.54, 1.807) is 24.3 Å². The van der Waals surface area contributed by atoms with E-state index in [1.807, 2.05) is 66.9 Å². The molecule has 1 N–H and O–H groups in total. The Labute approximate surface area is 202 Å². The minimum absolute atomic E-state index is 0.114. The average molecular weight is 470 g/mol. The summed E-state index contributed by atoms with van der Waals surface area (Å²) >= 11 is 1.31. The second kappa shape index (κ2) is 10.7. The van der Waals surface area contributed by atoms with Crippen molar-refractivity contribution >= 4 is 23.4 Å². The Morgan fingerprint density at radius 3 is 2.53 bits per heavy atom. The molecule has 3 aromatic carbocycles. The maximum absolute atomic E-state index is 12.6. The van der Waals surface area contributed by atoms with Crippen LogP contribution in [0.4, 0.5) is 5.69 Å². The smallest absolute Gasteiger partial charge is 0.234 e. The lowest BCUT2D eigenvalue weighted by Gasteiger charge is -2.12. The monoisotopic (exact) mass is 469 g/mol. The van der Waals surface area contributed by atoms with Crippen LogP contribution < -0.4 is 10.1 Å². The summed E-state index contributed by atoms with van der Waals surface area (Å²) in [6.45, 7) is 4.19. The zero-order valence-corrected chi connectivity index (χ0v) is 19.7. The molecule has 170 valence electrons. The van der Waals surface area contributed by atoms with E-state index in [0.717, 1.165) is 22.5 Å². The molecule has 0 saturated heterocycles. The van der Waals surface area contributed by atoms with Gasteiger partial charge in [0.25, 0.3) is 0 Å². The van der Waals surface area contributed by atoms with E-state index in [-0.39, 0.29) is 18.3 Å². The highest BCUT2D eigenvalue weighted by Gasteiger charge is 2.17. The lowest BCUT2D eigenvalue weighted by molar-refractivity contribution is -0.113. The Kier molecular flexibility index (Phi) is 7.25. The van der Waals surface area contributed by atoms with Crippen LogP contribution in [-0.4, -0.2) is 26.4 Å². The van der Waals surface area contributed by atoms with Gasteiger partial charge < -0.3 is 10.1 Å². The number of aromatic nitrogens is 3. The molecule has 1 heterocycles. The van der Waals surface area contributed by atoms with E-state index in [9.17, 15) is 4.79 Å². The molecule has 7 nitrogen and oxygen atoms in total. The van der Waals surface area contributed by atoms with Gasteiger partial charge in [0.15, 0.2) is 11.0 Å². The Balaban J connectivity index is 1.49. The SMILES string of the molecule is Cc1cccc(NC(=O)CSc2nnc(COc3ccc(C#N)cc3)n2-c2ccccc2)c1C. The molecule has 0 radical (unpaired) electrons. The standard InChI is InChI=1S/C26H23N5O2S/c1-18-7-6-10-23(19(18)2)28-25(32)17-34-26-30-29-24(31(26)21-8-4-3-5-9-21)16-33-22-13-11-20(15-27)12-14-22/h3-14H,16-17H2,1-2H3,(H,28,32). The van der Waals surface area contributed by atoms with E-state index < -0.39 is 0 Å². The zero-order chi connectivity index (χ0) is 23.9. The molecule has 0 saturated carbocycles. The number of ether oxygens (including phenoxy) is 1. The van der Waals surface area contributed by atoms with E-state index >= 15 is 0 Å². The number of carbonyl (C=O) groups is 1. The largest absolute Gasteiger partial charge is 0.486 e. The number of aryl methyl sites for hydroxylation is 1. The van der Waals surface area contributed by atoms with Crippen LogP contribution in [-0.2, 0) is 11.4 Å². The number of benzene rings is 3. The average Bonchev–Trinajstić information content (AvgIpc) is 3.28. The summed E-state index contributed by atoms with van der Waals surface area (Å²) in [6.07, 6.45) is 0. The summed E-state index contributed by atoms with van der Waals surface area (Å²) in [5.74, 6) is 1.31. The molecule has 0 spiro atoms. The van der Waals surface area contributed by atoms with Gasteiger partial charge in [0.1, 0.15) is 12.4 Å². The number of rotatable bonds is 8. The number of thioether (sulfide) groups is 1. The van der Waals surface area contributed by atoms with Crippen LogP contribution in [0, 0.1) is 25.2 Å². The molecular weight excluding hydrogens is 446 g/mol. The van der Waals surface area contributed by atoms with Crippen LogP contribution in [0.3, 0.4) is 0 Å². The molecule has 4 aromatic rings. The van der Waals surface area contributed by atoms with Gasteiger partial charge in [0.05, 0.1) is 17.4 Å². The van der Waals surface area contributed by atoms with Crippen molar-refractivity contribution in [2.75, 3.05) is 11.1 Å². The summed E-state index contributed by atoms with van der Waals surface area (Å²) in [5.41, 5.74) is 4.43. The lowest BCUT2D eigenvalue weighted by Crippen LogP contribution is -2.15. The van der Waals surface area contributed by atoms with E-state index in [0.29, 0.717) is 22.3 Å². The number of carbonyl (C=O) groups excluding carboxylic acids is 1. The lowest BCUT2D eigenvalue weighted by atomic mass is 10.1. The van der Waals surface area contributed by atoms with Gasteiger partial charge in [-0.15, -0.1) is 10.2 Å². The highest BCUT2D eigenvalue weighted by Crippen LogP contribution is 2.24. The predicted molar refractivity (Wildman–Crippen MR) is 132 cm³/mol. The topological polar surface area (TPSA) is 92.8 Å². The van der Waals surface area contributed by atoms with Crippen LogP contribution in [0.15, 0.2) is 78.0 Å². The molecule has 0 unspecified atom stereocenters. The molecule has 0 aliphatic heterocycles. The quantitative estimate of drug-likeness (QED) is 0.362. The van der Waals surface area contributed by atoms with Crippen LogP contribution in [0.1, 0.15) is 22.5 Å². The molecule has 0 aliphatic rings. The number of nitrogens with one attached hydrogen (secondary N) is 1. The first-order chi connectivity index (χ1) is 16.5. The van der Waals surface area contributed by atoms with E-state index in [2.05, 4.69) is 21.6 Å². The number of nitriles is 1. The van der Waals surface area contributed by atoms with Crippen molar-refractivity contribution in [1.29, 1.82) is 5.26 Å². The normalized spacial score (nSPS) is 10.5. The molecule has 0 fully saturated rings. The summed E-state index contributed by atoms with van der Waals surface area (Å²) in [4.78, 5) is 12.6. The highest BCUT2D eigenvalue weighted by atomic mass is 32.2. The molecular formula is C26H23N5O2S. The second-order valence-electron chi connectivity index (χ2n) is 7.58. The minimum atomic E-state index is -0.114. The summed E-state index contributed by atoms with van der Waals surface area (Å²) in [5, 5.41) is 21.2. The first-order valence-corrected chi connectivity index (χ1v) is 11.7. The van der Waals surface area contributed by atoms with Crippen molar-refractivity contribution in [3.8, 4) is 17.5 Å². The first-order valence-electron chi connectivity index (χ1n) is 10.7. The van der Waals surface area contributed by atoms with Crippen molar-refractivity contribution in [2.24, 2.45) is 0 Å². The fourth-order valence-electron chi connectivity index (χ4n) is 3.30. The number of amides is 1. The maximum atomic E-state index is 12.6. The fourth-order valence-corrected chi connectivity index (χ4v) is 4.07. The van der Waals surface area contributed by atoms with Crippen LogP contribution in [0.25, 0.3) is 5.69 Å². The van der Waals surface area contributed by atoms with Crippen molar-refractivity contribution in [3.05, 3.63) is 95.3 Å². The summed E-state index contributed by atoms with van der Waals surface area (Å²) in [6, 6.07) is 24.5. The van der Waals surface area contributed by atoms with E-state index in [4.69, 9.17) is 10.00 Å². The van der Waals surface area contributed by atoms with Gasteiger partial charge in [0, 0.05) is 11.4 Å². The molecule has 4 rings (SSSR count). The third kappa shape index (κ3) is 5.45. The Bertz CT molecular complexity index is 1330. The number of para-hydroxylation sites is 1. The fraction of sp³-hybridized carbons (Fsp3) is 0.154. The van der Waals surface area contributed by atoms with Gasteiger partial charge in [0.2, 0.25) is 5.91 Å². The number of anilines is 1. The van der Waals surface area contributed by atoms with Gasteiger partial charge in [-0.1, -0.05) is 42.1 Å². The van der Waals surface area contributed by atoms with Gasteiger partial charge >= 0.3 is 0 Å². The second-order valence-corrected chi connectivity index (χ2v) is 8.52. The number of nitrogens with zero attached hydrogens (tertiary/aromatic N) is 4. The van der Waals surface area contributed by atoms with Crippen molar-refractivity contribution in [3.63, 3.8) is 0 Å². The number of hydrogen-bond acceptors (Lipinski definition) is 6. The van der Waals surface area contributed by atoms with Crippen LogP contribution in [0.5, 0.6) is 5.75 Å².